The van der Waals surface area contributed by atoms with Gasteiger partial charge in [0.05, 0.1) is 12.7 Å². The second-order valence-electron chi connectivity index (χ2n) is 8.17. The molecule has 1 saturated heterocycles. The molecular formula is C22H31N3O4. The van der Waals surface area contributed by atoms with E-state index in [1.165, 1.54) is 7.11 Å². The number of nitrogens with zero attached hydrogens (tertiary/aromatic N) is 2. The zero-order chi connectivity index (χ0) is 21.0. The highest BCUT2D eigenvalue weighted by Crippen LogP contribution is 2.28. The molecule has 1 N–H and O–H groups in total. The molecule has 1 heterocycles. The Morgan fingerprint density at radius 1 is 1.03 bits per heavy atom. The topological polar surface area (TPSA) is 79.0 Å². The van der Waals surface area contributed by atoms with Crippen LogP contribution in [0.25, 0.3) is 0 Å². The summed E-state index contributed by atoms with van der Waals surface area (Å²) in [6.45, 7) is 5.97. The normalized spacial score (nSPS) is 18.2. The third-order valence-electron chi connectivity index (χ3n) is 5.93. The zero-order valence-corrected chi connectivity index (χ0v) is 17.5. The molecule has 29 heavy (non-hydrogen) atoms. The average molecular weight is 402 g/mol. The molecule has 1 aliphatic heterocycles. The maximum Gasteiger partial charge on any atom is 0.255 e. The lowest BCUT2D eigenvalue weighted by Gasteiger charge is -2.39. The molecule has 7 heteroatoms. The lowest BCUT2D eigenvalue weighted by Crippen LogP contribution is -2.57. The van der Waals surface area contributed by atoms with Gasteiger partial charge in [-0.1, -0.05) is 32.4 Å². The van der Waals surface area contributed by atoms with Crippen LogP contribution in [-0.2, 0) is 9.59 Å². The summed E-state index contributed by atoms with van der Waals surface area (Å²) in [5.74, 6) is 0.403. The molecule has 1 aliphatic carbocycles. The van der Waals surface area contributed by atoms with Crippen LogP contribution in [0.4, 0.5) is 0 Å². The first kappa shape index (κ1) is 21.1. The van der Waals surface area contributed by atoms with Crippen LogP contribution in [0.3, 0.4) is 0 Å². The van der Waals surface area contributed by atoms with Crippen molar-refractivity contribution in [3.63, 3.8) is 0 Å². The minimum Gasteiger partial charge on any atom is -0.496 e. The van der Waals surface area contributed by atoms with Crippen LogP contribution in [0.15, 0.2) is 24.3 Å². The Kier molecular flexibility index (Phi) is 6.77. The largest absolute Gasteiger partial charge is 0.496 e. The first-order chi connectivity index (χ1) is 13.9. The van der Waals surface area contributed by atoms with Crippen molar-refractivity contribution in [2.24, 2.45) is 11.8 Å². The molecule has 7 nitrogen and oxygen atoms in total. The fraction of sp³-hybridized carbons (Fsp3) is 0.591. The van der Waals surface area contributed by atoms with Gasteiger partial charge in [0, 0.05) is 32.1 Å². The standard InChI is InChI=1S/C22H31N3O4/c1-15(2)19(23-20(26)17-9-4-5-10-18(17)29-3)22(28)25-13-11-24(12-14-25)21(27)16-7-6-8-16/h4-5,9-10,15-16,19H,6-8,11-14H2,1-3H3,(H,23,26). The Bertz CT molecular complexity index is 752. The van der Waals surface area contributed by atoms with E-state index in [9.17, 15) is 14.4 Å². The molecule has 1 atom stereocenters. The highest BCUT2D eigenvalue weighted by Gasteiger charge is 2.35. The molecule has 1 aromatic rings. The quantitative estimate of drug-likeness (QED) is 0.790. The molecular weight excluding hydrogens is 370 g/mol. The summed E-state index contributed by atoms with van der Waals surface area (Å²) in [5, 5.41) is 2.88. The van der Waals surface area contributed by atoms with Crippen molar-refractivity contribution in [3.8, 4) is 5.75 Å². The summed E-state index contributed by atoms with van der Waals surface area (Å²) in [6, 6.07) is 6.34. The van der Waals surface area contributed by atoms with Gasteiger partial charge in [0.25, 0.3) is 5.91 Å². The zero-order valence-electron chi connectivity index (χ0n) is 17.5. The van der Waals surface area contributed by atoms with Crippen LogP contribution in [0.5, 0.6) is 5.75 Å². The lowest BCUT2D eigenvalue weighted by molar-refractivity contribution is -0.145. The van der Waals surface area contributed by atoms with Crippen molar-refractivity contribution in [1.82, 2.24) is 15.1 Å². The first-order valence-corrected chi connectivity index (χ1v) is 10.4. The summed E-state index contributed by atoms with van der Waals surface area (Å²) >= 11 is 0. The summed E-state index contributed by atoms with van der Waals surface area (Å²) in [6.07, 6.45) is 3.11. The molecule has 2 aliphatic rings. The molecule has 0 spiro atoms. The third kappa shape index (κ3) is 4.71. The van der Waals surface area contributed by atoms with E-state index in [1.54, 1.807) is 29.2 Å². The summed E-state index contributed by atoms with van der Waals surface area (Å²) in [4.78, 5) is 41.9. The summed E-state index contributed by atoms with van der Waals surface area (Å²) in [7, 11) is 1.52. The van der Waals surface area contributed by atoms with E-state index >= 15 is 0 Å². The van der Waals surface area contributed by atoms with Gasteiger partial charge in [-0.25, -0.2) is 0 Å². The van der Waals surface area contributed by atoms with Gasteiger partial charge >= 0.3 is 0 Å². The number of rotatable bonds is 6. The molecule has 1 aromatic carbocycles. The van der Waals surface area contributed by atoms with Crippen molar-refractivity contribution >= 4 is 17.7 Å². The number of amides is 3. The van der Waals surface area contributed by atoms with E-state index in [-0.39, 0.29) is 29.6 Å². The highest BCUT2D eigenvalue weighted by molar-refractivity contribution is 5.99. The molecule has 2 fully saturated rings. The number of para-hydroxylation sites is 1. The summed E-state index contributed by atoms with van der Waals surface area (Å²) < 4.78 is 5.26. The minimum atomic E-state index is -0.624. The number of benzene rings is 1. The molecule has 1 unspecified atom stereocenters. The number of carbonyl (C=O) groups is 3. The van der Waals surface area contributed by atoms with Crippen LogP contribution in [0, 0.1) is 11.8 Å². The smallest absolute Gasteiger partial charge is 0.255 e. The number of nitrogens with one attached hydrogen (secondary N) is 1. The number of hydrogen-bond donors (Lipinski definition) is 1. The number of ether oxygens (including phenoxy) is 1. The summed E-state index contributed by atoms with van der Waals surface area (Å²) in [5.41, 5.74) is 0.407. The van der Waals surface area contributed by atoms with Gasteiger partial charge in [0.15, 0.2) is 0 Å². The van der Waals surface area contributed by atoms with Crippen molar-refractivity contribution in [1.29, 1.82) is 0 Å². The molecule has 158 valence electrons. The van der Waals surface area contributed by atoms with Crippen molar-refractivity contribution in [2.45, 2.75) is 39.2 Å². The fourth-order valence-electron chi connectivity index (χ4n) is 3.82. The Morgan fingerprint density at radius 3 is 2.21 bits per heavy atom. The molecule has 1 saturated carbocycles. The van der Waals surface area contributed by atoms with Crippen molar-refractivity contribution in [3.05, 3.63) is 29.8 Å². The number of hydrogen-bond acceptors (Lipinski definition) is 4. The second-order valence-corrected chi connectivity index (χ2v) is 8.17. The minimum absolute atomic E-state index is 0.0594. The van der Waals surface area contributed by atoms with Gasteiger partial charge in [-0.15, -0.1) is 0 Å². The predicted octanol–water partition coefficient (Wildman–Crippen LogP) is 1.92. The van der Waals surface area contributed by atoms with Crippen LogP contribution in [0.2, 0.25) is 0 Å². The number of carbonyl (C=O) groups excluding carboxylic acids is 3. The number of methoxy groups -OCH3 is 1. The Morgan fingerprint density at radius 2 is 1.66 bits per heavy atom. The van der Waals surface area contributed by atoms with Gasteiger partial charge in [0.2, 0.25) is 11.8 Å². The van der Waals surface area contributed by atoms with Gasteiger partial charge in [-0.05, 0) is 30.9 Å². The van der Waals surface area contributed by atoms with E-state index in [1.807, 2.05) is 18.7 Å². The monoisotopic (exact) mass is 401 g/mol. The van der Waals surface area contributed by atoms with Gasteiger partial charge < -0.3 is 19.9 Å². The lowest BCUT2D eigenvalue weighted by atomic mass is 9.84. The van der Waals surface area contributed by atoms with E-state index in [4.69, 9.17) is 4.74 Å². The molecule has 0 bridgehead atoms. The fourth-order valence-corrected chi connectivity index (χ4v) is 3.82. The Balaban J connectivity index is 1.61. The molecule has 3 rings (SSSR count). The van der Waals surface area contributed by atoms with Crippen LogP contribution >= 0.6 is 0 Å². The van der Waals surface area contributed by atoms with Crippen molar-refractivity contribution < 1.29 is 19.1 Å². The molecule has 3 amide bonds. The average Bonchev–Trinajstić information content (AvgIpc) is 2.69. The van der Waals surface area contributed by atoms with E-state index in [0.29, 0.717) is 37.5 Å². The van der Waals surface area contributed by atoms with E-state index in [2.05, 4.69) is 5.32 Å². The Labute approximate surface area is 172 Å². The number of piperazine rings is 1. The van der Waals surface area contributed by atoms with Crippen LogP contribution < -0.4 is 10.1 Å². The van der Waals surface area contributed by atoms with E-state index < -0.39 is 6.04 Å². The highest BCUT2D eigenvalue weighted by atomic mass is 16.5. The SMILES string of the molecule is COc1ccccc1C(=O)NC(C(=O)N1CCN(C(=O)C2CCC2)CC1)C(C)C. The maximum atomic E-state index is 13.1. The van der Waals surface area contributed by atoms with Crippen LogP contribution in [0.1, 0.15) is 43.5 Å². The van der Waals surface area contributed by atoms with E-state index in [0.717, 1.165) is 19.3 Å². The van der Waals surface area contributed by atoms with Crippen molar-refractivity contribution in [2.75, 3.05) is 33.3 Å². The van der Waals surface area contributed by atoms with Crippen LogP contribution in [-0.4, -0.2) is 66.9 Å². The third-order valence-corrected chi connectivity index (χ3v) is 5.93. The predicted molar refractivity (Wildman–Crippen MR) is 110 cm³/mol. The van der Waals surface area contributed by atoms with Gasteiger partial charge in [0.1, 0.15) is 11.8 Å². The Hall–Kier alpha value is -2.57. The van der Waals surface area contributed by atoms with Gasteiger partial charge in [-0.3, -0.25) is 14.4 Å². The van der Waals surface area contributed by atoms with Gasteiger partial charge in [-0.2, -0.15) is 0 Å². The molecule has 0 radical (unpaired) electrons. The maximum absolute atomic E-state index is 13.1. The second kappa shape index (κ2) is 9.29. The molecule has 0 aromatic heterocycles. The first-order valence-electron chi connectivity index (χ1n) is 10.4.